The van der Waals surface area contributed by atoms with Gasteiger partial charge in [-0.15, -0.1) is 0 Å². The average molecular weight is 379 g/mol. The van der Waals surface area contributed by atoms with E-state index in [1.54, 1.807) is 18.2 Å². The lowest BCUT2D eigenvalue weighted by molar-refractivity contribution is 0.0686. The van der Waals surface area contributed by atoms with Crippen LogP contribution in [0.5, 0.6) is 11.5 Å². The van der Waals surface area contributed by atoms with Gasteiger partial charge in [-0.05, 0) is 42.8 Å². The lowest BCUT2D eigenvalue weighted by atomic mass is 10.2. The highest BCUT2D eigenvalue weighted by atomic mass is 79.9. The number of carboxylic acid groups (broad SMARTS) is 1. The second kappa shape index (κ2) is 7.78. The van der Waals surface area contributed by atoms with Gasteiger partial charge < -0.3 is 14.6 Å². The monoisotopic (exact) mass is 378 g/mol. The van der Waals surface area contributed by atoms with Crippen molar-refractivity contribution in [2.75, 3.05) is 6.61 Å². The average Bonchev–Trinajstić information content (AvgIpc) is 2.53. The molecule has 0 amide bonds. The number of aromatic carboxylic acids is 1. The Morgan fingerprint density at radius 3 is 2.65 bits per heavy atom. The van der Waals surface area contributed by atoms with Crippen LogP contribution >= 0.6 is 15.9 Å². The number of benzene rings is 2. The highest BCUT2D eigenvalue weighted by molar-refractivity contribution is 9.10. The number of rotatable bonds is 6. The van der Waals surface area contributed by atoms with Crippen molar-refractivity contribution in [3.8, 4) is 11.5 Å². The number of carbonyl (C=O) groups excluding carboxylic acids is 1. The smallest absolute Gasteiger partial charge is 0.347 e. The number of ether oxygens (including phenoxy) is 2. The molecule has 5 nitrogen and oxygen atoms in total. The molecule has 0 unspecified atom stereocenters. The van der Waals surface area contributed by atoms with Gasteiger partial charge in [-0.3, -0.25) is 0 Å². The fraction of sp³-hybridized carbons (Fsp3) is 0.176. The molecule has 1 N–H and O–H groups in total. The second-order valence-electron chi connectivity index (χ2n) is 4.71. The van der Waals surface area contributed by atoms with Crippen LogP contribution in [0.25, 0.3) is 0 Å². The number of hydrogen-bond acceptors (Lipinski definition) is 4. The summed E-state index contributed by atoms with van der Waals surface area (Å²) in [5.74, 6) is -1.11. The first-order chi connectivity index (χ1) is 11.0. The van der Waals surface area contributed by atoms with Crippen molar-refractivity contribution in [1.29, 1.82) is 0 Å². The van der Waals surface area contributed by atoms with E-state index in [-0.39, 0.29) is 16.9 Å². The summed E-state index contributed by atoms with van der Waals surface area (Å²) in [7, 11) is 0. The summed E-state index contributed by atoms with van der Waals surface area (Å²) in [6.45, 7) is 2.45. The van der Waals surface area contributed by atoms with Crippen LogP contribution in [0.3, 0.4) is 0 Å². The van der Waals surface area contributed by atoms with Crippen LogP contribution in [-0.4, -0.2) is 23.7 Å². The summed E-state index contributed by atoms with van der Waals surface area (Å²) < 4.78 is 11.5. The summed E-state index contributed by atoms with van der Waals surface area (Å²) >= 11 is 3.31. The van der Waals surface area contributed by atoms with Gasteiger partial charge in [0.2, 0.25) is 0 Å². The molecule has 0 spiro atoms. The predicted molar refractivity (Wildman–Crippen MR) is 88.3 cm³/mol. The van der Waals surface area contributed by atoms with Crippen molar-refractivity contribution < 1.29 is 24.2 Å². The van der Waals surface area contributed by atoms with Crippen LogP contribution in [0.2, 0.25) is 0 Å². The quantitative estimate of drug-likeness (QED) is 0.603. The van der Waals surface area contributed by atoms with Gasteiger partial charge in [-0.2, -0.15) is 0 Å². The first-order valence-corrected chi connectivity index (χ1v) is 7.78. The Balaban J connectivity index is 2.25. The third-order valence-corrected chi connectivity index (χ3v) is 3.41. The Morgan fingerprint density at radius 1 is 1.17 bits per heavy atom. The zero-order chi connectivity index (χ0) is 16.8. The van der Waals surface area contributed by atoms with Crippen LogP contribution < -0.4 is 9.47 Å². The van der Waals surface area contributed by atoms with Gasteiger partial charge in [0.1, 0.15) is 17.1 Å². The maximum Gasteiger partial charge on any atom is 0.347 e. The van der Waals surface area contributed by atoms with Gasteiger partial charge in [0.25, 0.3) is 0 Å². The van der Waals surface area contributed by atoms with E-state index >= 15 is 0 Å². The fourth-order valence-corrected chi connectivity index (χ4v) is 2.22. The van der Waals surface area contributed by atoms with Gasteiger partial charge in [0.05, 0.1) is 12.2 Å². The number of carbonyl (C=O) groups is 2. The van der Waals surface area contributed by atoms with Gasteiger partial charge in [-0.1, -0.05) is 28.9 Å². The summed E-state index contributed by atoms with van der Waals surface area (Å²) in [6, 6.07) is 10.8. The molecular weight excluding hydrogens is 364 g/mol. The highest BCUT2D eigenvalue weighted by Gasteiger charge is 2.16. The van der Waals surface area contributed by atoms with Crippen molar-refractivity contribution >= 4 is 27.9 Å². The topological polar surface area (TPSA) is 72.8 Å². The van der Waals surface area contributed by atoms with Crippen LogP contribution in [-0.2, 0) is 0 Å². The number of esters is 1. The van der Waals surface area contributed by atoms with E-state index in [1.807, 2.05) is 6.92 Å². The zero-order valence-electron chi connectivity index (χ0n) is 12.4. The van der Waals surface area contributed by atoms with E-state index in [9.17, 15) is 9.59 Å². The second-order valence-corrected chi connectivity index (χ2v) is 5.63. The molecule has 2 aromatic carbocycles. The van der Waals surface area contributed by atoms with E-state index in [4.69, 9.17) is 14.6 Å². The van der Waals surface area contributed by atoms with Crippen LogP contribution in [0.15, 0.2) is 46.9 Å². The lowest BCUT2D eigenvalue weighted by Crippen LogP contribution is -2.11. The fourth-order valence-electron chi connectivity index (χ4n) is 1.85. The molecule has 0 aliphatic carbocycles. The van der Waals surface area contributed by atoms with Gasteiger partial charge in [-0.25, -0.2) is 9.59 Å². The van der Waals surface area contributed by atoms with E-state index in [2.05, 4.69) is 15.9 Å². The molecular formula is C17H15BrO5. The lowest BCUT2D eigenvalue weighted by Gasteiger charge is -2.11. The molecule has 0 aliphatic heterocycles. The van der Waals surface area contributed by atoms with Crippen molar-refractivity contribution in [1.82, 2.24) is 0 Å². The van der Waals surface area contributed by atoms with Gasteiger partial charge >= 0.3 is 11.9 Å². The first-order valence-electron chi connectivity index (χ1n) is 6.99. The van der Waals surface area contributed by atoms with E-state index in [0.717, 1.165) is 6.42 Å². The molecule has 0 atom stereocenters. The van der Waals surface area contributed by atoms with Crippen molar-refractivity contribution in [2.45, 2.75) is 13.3 Å². The Labute approximate surface area is 142 Å². The summed E-state index contributed by atoms with van der Waals surface area (Å²) in [4.78, 5) is 23.3. The van der Waals surface area contributed by atoms with Crippen molar-refractivity contribution in [2.24, 2.45) is 0 Å². The normalized spacial score (nSPS) is 10.2. The molecule has 2 rings (SSSR count). The van der Waals surface area contributed by atoms with E-state index in [1.165, 1.54) is 24.3 Å². The number of carboxylic acids is 1. The summed E-state index contributed by atoms with van der Waals surface area (Å²) in [5, 5.41) is 8.97. The summed E-state index contributed by atoms with van der Waals surface area (Å²) in [5.41, 5.74) is 0.320. The molecule has 2 aromatic rings. The van der Waals surface area contributed by atoms with Gasteiger partial charge in [0, 0.05) is 4.47 Å². The Kier molecular flexibility index (Phi) is 5.76. The molecule has 0 saturated carbocycles. The summed E-state index contributed by atoms with van der Waals surface area (Å²) in [6.07, 6.45) is 0.811. The van der Waals surface area contributed by atoms with Crippen LogP contribution in [0.1, 0.15) is 34.1 Å². The number of hydrogen-bond donors (Lipinski definition) is 1. The third-order valence-electron chi connectivity index (χ3n) is 2.91. The number of halogens is 1. The van der Waals surface area contributed by atoms with E-state index in [0.29, 0.717) is 16.8 Å². The molecule has 0 aliphatic rings. The Bertz CT molecular complexity index is 727. The minimum Gasteiger partial charge on any atom is -0.493 e. The standard InChI is InChI=1S/C17H15BrO5/c1-2-8-22-15-7-6-12(18)10-14(15)17(21)23-13-5-3-4-11(9-13)16(19)20/h3-7,9-10H,2,8H2,1H3,(H,19,20). The molecule has 0 heterocycles. The predicted octanol–water partition coefficient (Wildman–Crippen LogP) is 4.16. The maximum absolute atomic E-state index is 12.4. The van der Waals surface area contributed by atoms with Crippen molar-refractivity contribution in [3.63, 3.8) is 0 Å². The molecule has 120 valence electrons. The molecule has 0 saturated heterocycles. The maximum atomic E-state index is 12.4. The molecule has 0 radical (unpaired) electrons. The third kappa shape index (κ3) is 4.56. The van der Waals surface area contributed by atoms with Crippen LogP contribution in [0, 0.1) is 0 Å². The molecule has 0 aromatic heterocycles. The SMILES string of the molecule is CCCOc1ccc(Br)cc1C(=O)Oc1cccc(C(=O)O)c1. The van der Waals surface area contributed by atoms with Crippen LogP contribution in [0.4, 0.5) is 0 Å². The molecule has 0 bridgehead atoms. The molecule has 23 heavy (non-hydrogen) atoms. The molecule has 6 heteroatoms. The Hall–Kier alpha value is -2.34. The zero-order valence-corrected chi connectivity index (χ0v) is 14.0. The van der Waals surface area contributed by atoms with E-state index < -0.39 is 11.9 Å². The largest absolute Gasteiger partial charge is 0.493 e. The highest BCUT2D eigenvalue weighted by Crippen LogP contribution is 2.25. The van der Waals surface area contributed by atoms with Crippen molar-refractivity contribution in [3.05, 3.63) is 58.1 Å². The Morgan fingerprint density at radius 2 is 1.96 bits per heavy atom. The minimum absolute atomic E-state index is 0.0481. The minimum atomic E-state index is -1.09. The molecule has 0 fully saturated rings. The first kappa shape index (κ1) is 17.0. The van der Waals surface area contributed by atoms with Gasteiger partial charge in [0.15, 0.2) is 0 Å².